The van der Waals surface area contributed by atoms with Crippen molar-refractivity contribution in [2.45, 2.75) is 0 Å². The molecule has 0 saturated heterocycles. The highest BCUT2D eigenvalue weighted by Gasteiger charge is 2.02. The maximum atomic E-state index is 11.0. The highest BCUT2D eigenvalue weighted by Crippen LogP contribution is 1.94. The standard InChI is InChI=1S/C5H5N5O2/c11-4-8-5(12)10(9-4)3-1-6-7-2-3/h1-2H,(H,6,7)(H2,8,9,11,12). The summed E-state index contributed by atoms with van der Waals surface area (Å²) in [4.78, 5) is 23.7. The first-order chi connectivity index (χ1) is 5.77. The molecule has 7 nitrogen and oxygen atoms in total. The molecule has 2 rings (SSSR count). The van der Waals surface area contributed by atoms with Crippen LogP contribution in [0.1, 0.15) is 0 Å². The summed E-state index contributed by atoms with van der Waals surface area (Å²) in [5, 5.41) is 8.43. The van der Waals surface area contributed by atoms with E-state index >= 15 is 0 Å². The zero-order valence-electron chi connectivity index (χ0n) is 5.87. The molecule has 0 aliphatic heterocycles. The molecule has 62 valence electrons. The lowest BCUT2D eigenvalue weighted by atomic mass is 10.6. The Balaban J connectivity index is 2.69. The van der Waals surface area contributed by atoms with Crippen LogP contribution in [0.15, 0.2) is 22.0 Å². The second-order valence-electron chi connectivity index (χ2n) is 2.16. The van der Waals surface area contributed by atoms with Gasteiger partial charge in [-0.3, -0.25) is 10.1 Å². The third kappa shape index (κ3) is 0.875. The lowest BCUT2D eigenvalue weighted by Crippen LogP contribution is -2.15. The monoisotopic (exact) mass is 167 g/mol. The lowest BCUT2D eigenvalue weighted by Gasteiger charge is -1.89. The number of hydrogen-bond donors (Lipinski definition) is 3. The van der Waals surface area contributed by atoms with Gasteiger partial charge in [0, 0.05) is 6.20 Å². The van der Waals surface area contributed by atoms with Crippen LogP contribution in [0.25, 0.3) is 5.69 Å². The zero-order chi connectivity index (χ0) is 8.55. The van der Waals surface area contributed by atoms with Crippen LogP contribution < -0.4 is 11.4 Å². The van der Waals surface area contributed by atoms with Gasteiger partial charge in [0.2, 0.25) is 0 Å². The molecule has 2 aromatic rings. The fourth-order valence-electron chi connectivity index (χ4n) is 0.881. The van der Waals surface area contributed by atoms with Crippen LogP contribution in [0.5, 0.6) is 0 Å². The van der Waals surface area contributed by atoms with Crippen molar-refractivity contribution < 1.29 is 0 Å². The summed E-state index contributed by atoms with van der Waals surface area (Å²) in [6.07, 6.45) is 2.91. The minimum absolute atomic E-state index is 0.485. The van der Waals surface area contributed by atoms with E-state index in [4.69, 9.17) is 0 Å². The highest BCUT2D eigenvalue weighted by molar-refractivity contribution is 5.21. The number of hydrogen-bond acceptors (Lipinski definition) is 3. The predicted molar refractivity (Wildman–Crippen MR) is 39.2 cm³/mol. The highest BCUT2D eigenvalue weighted by atomic mass is 16.2. The maximum absolute atomic E-state index is 11.0. The van der Waals surface area contributed by atoms with Gasteiger partial charge in [-0.25, -0.2) is 14.7 Å². The Kier molecular flexibility index (Phi) is 1.23. The molecule has 0 spiro atoms. The third-order valence-electron chi connectivity index (χ3n) is 1.38. The quantitative estimate of drug-likeness (QED) is 0.485. The van der Waals surface area contributed by atoms with Crippen molar-refractivity contribution in [3.8, 4) is 5.69 Å². The molecule has 0 aliphatic carbocycles. The summed E-state index contributed by atoms with van der Waals surface area (Å²) in [5.74, 6) is 0. The molecule has 7 heteroatoms. The molecule has 2 heterocycles. The molecule has 0 atom stereocenters. The molecule has 0 radical (unpaired) electrons. The summed E-state index contributed by atoms with van der Waals surface area (Å²) in [6, 6.07) is 0. The van der Waals surface area contributed by atoms with E-state index in [9.17, 15) is 9.59 Å². The van der Waals surface area contributed by atoms with Crippen molar-refractivity contribution in [3.05, 3.63) is 33.4 Å². The van der Waals surface area contributed by atoms with Gasteiger partial charge in [-0.1, -0.05) is 0 Å². The first-order valence-electron chi connectivity index (χ1n) is 3.18. The van der Waals surface area contributed by atoms with E-state index < -0.39 is 11.4 Å². The SMILES string of the molecule is O=c1[nH]c(=O)n(-c2cn[nH]c2)[nH]1. The van der Waals surface area contributed by atoms with Crippen molar-refractivity contribution in [3.63, 3.8) is 0 Å². The summed E-state index contributed by atoms with van der Waals surface area (Å²) >= 11 is 0. The Labute approximate surface area is 65.0 Å². The van der Waals surface area contributed by atoms with Gasteiger partial charge in [0.1, 0.15) is 5.69 Å². The van der Waals surface area contributed by atoms with Crippen LogP contribution in [0.2, 0.25) is 0 Å². The molecule has 3 N–H and O–H groups in total. The summed E-state index contributed by atoms with van der Waals surface area (Å²) in [6.45, 7) is 0. The molecule has 0 bridgehead atoms. The average Bonchev–Trinajstić information content (AvgIpc) is 2.58. The Morgan fingerprint density at radius 1 is 1.42 bits per heavy atom. The smallest absolute Gasteiger partial charge is 0.283 e. The van der Waals surface area contributed by atoms with Crippen molar-refractivity contribution in [2.24, 2.45) is 0 Å². The largest absolute Gasteiger partial charge is 0.349 e. The van der Waals surface area contributed by atoms with Crippen LogP contribution in [-0.4, -0.2) is 25.0 Å². The topological polar surface area (TPSA) is 99.3 Å². The van der Waals surface area contributed by atoms with Crippen LogP contribution >= 0.6 is 0 Å². The molecular weight excluding hydrogens is 162 g/mol. The van der Waals surface area contributed by atoms with E-state index in [2.05, 4.69) is 20.3 Å². The van der Waals surface area contributed by atoms with Gasteiger partial charge in [-0.15, -0.1) is 0 Å². The van der Waals surface area contributed by atoms with Gasteiger partial charge in [0.15, 0.2) is 0 Å². The Morgan fingerprint density at radius 3 is 2.75 bits per heavy atom. The molecule has 0 fully saturated rings. The number of nitrogens with zero attached hydrogens (tertiary/aromatic N) is 2. The van der Waals surface area contributed by atoms with E-state index in [-0.39, 0.29) is 0 Å². The third-order valence-corrected chi connectivity index (χ3v) is 1.38. The van der Waals surface area contributed by atoms with Crippen molar-refractivity contribution in [1.29, 1.82) is 0 Å². The maximum Gasteiger partial charge on any atom is 0.349 e. The van der Waals surface area contributed by atoms with Crippen LogP contribution in [0.4, 0.5) is 0 Å². The molecule has 0 aliphatic rings. The van der Waals surface area contributed by atoms with E-state index in [0.29, 0.717) is 5.69 Å². The van der Waals surface area contributed by atoms with Crippen molar-refractivity contribution >= 4 is 0 Å². The van der Waals surface area contributed by atoms with Gasteiger partial charge in [-0.2, -0.15) is 9.78 Å². The van der Waals surface area contributed by atoms with E-state index in [1.165, 1.54) is 12.4 Å². The molecule has 0 saturated carbocycles. The molecule has 0 unspecified atom stereocenters. The van der Waals surface area contributed by atoms with Gasteiger partial charge < -0.3 is 0 Å². The number of aromatic amines is 3. The van der Waals surface area contributed by atoms with Crippen LogP contribution in [0.3, 0.4) is 0 Å². The fourth-order valence-corrected chi connectivity index (χ4v) is 0.881. The predicted octanol–water partition coefficient (Wildman–Crippen LogP) is -1.42. The second kappa shape index (κ2) is 2.22. The van der Waals surface area contributed by atoms with E-state index in [1.54, 1.807) is 0 Å². The van der Waals surface area contributed by atoms with Gasteiger partial charge >= 0.3 is 11.4 Å². The molecule has 0 amide bonds. The Bertz CT molecular complexity index is 472. The van der Waals surface area contributed by atoms with Crippen molar-refractivity contribution in [2.75, 3.05) is 0 Å². The minimum atomic E-state index is -0.541. The lowest BCUT2D eigenvalue weighted by molar-refractivity contribution is 0.834. The normalized spacial score (nSPS) is 10.3. The number of aromatic nitrogens is 5. The average molecular weight is 167 g/mol. The Morgan fingerprint density at radius 2 is 2.25 bits per heavy atom. The van der Waals surface area contributed by atoms with Gasteiger partial charge in [0.05, 0.1) is 6.20 Å². The molecule has 12 heavy (non-hydrogen) atoms. The summed E-state index contributed by atoms with van der Waals surface area (Å²) < 4.78 is 1.06. The number of H-pyrrole nitrogens is 3. The Hall–Kier alpha value is -2.05. The second-order valence-corrected chi connectivity index (χ2v) is 2.16. The molecule has 2 aromatic heterocycles. The van der Waals surface area contributed by atoms with Crippen LogP contribution in [-0.2, 0) is 0 Å². The first kappa shape index (κ1) is 6.65. The van der Waals surface area contributed by atoms with Crippen LogP contribution in [0, 0.1) is 0 Å². The summed E-state index contributed by atoms with van der Waals surface area (Å²) in [7, 11) is 0. The first-order valence-corrected chi connectivity index (χ1v) is 3.18. The summed E-state index contributed by atoms with van der Waals surface area (Å²) in [5.41, 5.74) is -0.569. The fraction of sp³-hybridized carbons (Fsp3) is 0. The minimum Gasteiger partial charge on any atom is -0.283 e. The van der Waals surface area contributed by atoms with E-state index in [1.807, 2.05) is 0 Å². The van der Waals surface area contributed by atoms with E-state index in [0.717, 1.165) is 4.68 Å². The molecule has 0 aromatic carbocycles. The number of nitrogens with one attached hydrogen (secondary N) is 3. The number of rotatable bonds is 1. The van der Waals surface area contributed by atoms with Gasteiger partial charge in [0.25, 0.3) is 0 Å². The van der Waals surface area contributed by atoms with Crippen molar-refractivity contribution in [1.82, 2.24) is 25.0 Å². The van der Waals surface area contributed by atoms with Gasteiger partial charge in [-0.05, 0) is 0 Å². The molecular formula is C5H5N5O2. The zero-order valence-corrected chi connectivity index (χ0v) is 5.87.